The van der Waals surface area contributed by atoms with E-state index in [9.17, 15) is 0 Å². The number of hydrogen-bond donors (Lipinski definition) is 1. The molecule has 0 aromatic carbocycles. The Labute approximate surface area is 93.8 Å². The van der Waals surface area contributed by atoms with Crippen LogP contribution >= 0.6 is 0 Å². The first-order chi connectivity index (χ1) is 7.42. The molecule has 2 fully saturated rings. The first-order valence-electron chi connectivity index (χ1n) is 6.68. The van der Waals surface area contributed by atoms with Gasteiger partial charge in [0.25, 0.3) is 0 Å². The predicted octanol–water partition coefficient (Wildman–Crippen LogP) is 2.58. The van der Waals surface area contributed by atoms with Gasteiger partial charge in [-0.2, -0.15) is 0 Å². The largest absolute Gasteiger partial charge is 0.378 e. The molecule has 2 rings (SSSR count). The number of ether oxygens (including phenoxy) is 1. The lowest BCUT2D eigenvalue weighted by Crippen LogP contribution is -2.32. The predicted molar refractivity (Wildman–Crippen MR) is 63.0 cm³/mol. The summed E-state index contributed by atoms with van der Waals surface area (Å²) in [4.78, 5) is 0. The molecule has 0 spiro atoms. The van der Waals surface area contributed by atoms with Crippen LogP contribution in [0.25, 0.3) is 0 Å². The molecule has 1 saturated heterocycles. The second kappa shape index (κ2) is 5.86. The van der Waals surface area contributed by atoms with Gasteiger partial charge in [-0.15, -0.1) is 0 Å². The molecular weight excluding hydrogens is 186 g/mol. The minimum Gasteiger partial charge on any atom is -0.378 e. The standard InChI is InChI=1S/C13H25NO/c1-14-10-12-8-9-15-13(12)11-6-4-2-3-5-7-11/h11-14H,2-10H2,1H3. The van der Waals surface area contributed by atoms with Crippen molar-refractivity contribution in [2.45, 2.75) is 51.0 Å². The van der Waals surface area contributed by atoms with E-state index in [2.05, 4.69) is 12.4 Å². The van der Waals surface area contributed by atoms with E-state index in [4.69, 9.17) is 4.74 Å². The molecule has 1 saturated carbocycles. The summed E-state index contributed by atoms with van der Waals surface area (Å²) < 4.78 is 5.97. The average molecular weight is 211 g/mol. The normalized spacial score (nSPS) is 34.2. The summed E-state index contributed by atoms with van der Waals surface area (Å²) >= 11 is 0. The first-order valence-corrected chi connectivity index (χ1v) is 6.68. The highest BCUT2D eigenvalue weighted by Crippen LogP contribution is 2.34. The van der Waals surface area contributed by atoms with Crippen molar-refractivity contribution in [1.29, 1.82) is 0 Å². The molecule has 0 bridgehead atoms. The molecule has 0 aromatic heterocycles. The number of nitrogens with one attached hydrogen (secondary N) is 1. The first kappa shape index (κ1) is 11.4. The van der Waals surface area contributed by atoms with Gasteiger partial charge in [0.2, 0.25) is 0 Å². The summed E-state index contributed by atoms with van der Waals surface area (Å²) in [5.74, 6) is 1.63. The van der Waals surface area contributed by atoms with E-state index in [1.165, 1.54) is 44.9 Å². The van der Waals surface area contributed by atoms with Crippen LogP contribution in [-0.2, 0) is 4.74 Å². The van der Waals surface area contributed by atoms with Crippen LogP contribution in [0.4, 0.5) is 0 Å². The van der Waals surface area contributed by atoms with Crippen molar-refractivity contribution in [2.24, 2.45) is 11.8 Å². The van der Waals surface area contributed by atoms with Crippen molar-refractivity contribution in [1.82, 2.24) is 5.32 Å². The minimum absolute atomic E-state index is 0.565. The monoisotopic (exact) mass is 211 g/mol. The topological polar surface area (TPSA) is 21.3 Å². The molecule has 0 amide bonds. The third-order valence-electron chi connectivity index (χ3n) is 4.09. The molecule has 1 heterocycles. The zero-order valence-corrected chi connectivity index (χ0v) is 10.0. The molecule has 2 nitrogen and oxygen atoms in total. The van der Waals surface area contributed by atoms with Crippen LogP contribution in [0.5, 0.6) is 0 Å². The summed E-state index contributed by atoms with van der Waals surface area (Å²) in [6.45, 7) is 2.13. The Morgan fingerprint density at radius 1 is 1.07 bits per heavy atom. The number of hydrogen-bond acceptors (Lipinski definition) is 2. The Morgan fingerprint density at radius 3 is 2.47 bits per heavy atom. The van der Waals surface area contributed by atoms with Crippen molar-refractivity contribution >= 4 is 0 Å². The molecule has 1 aliphatic heterocycles. The van der Waals surface area contributed by atoms with Crippen molar-refractivity contribution in [3.8, 4) is 0 Å². The van der Waals surface area contributed by atoms with Crippen LogP contribution in [0.2, 0.25) is 0 Å². The van der Waals surface area contributed by atoms with Crippen LogP contribution < -0.4 is 5.32 Å². The summed E-state index contributed by atoms with van der Waals surface area (Å²) in [7, 11) is 2.06. The summed E-state index contributed by atoms with van der Waals surface area (Å²) in [6, 6.07) is 0. The molecule has 1 N–H and O–H groups in total. The van der Waals surface area contributed by atoms with E-state index in [0.29, 0.717) is 6.10 Å². The molecule has 0 radical (unpaired) electrons. The summed E-state index contributed by atoms with van der Waals surface area (Å²) in [5.41, 5.74) is 0. The van der Waals surface area contributed by atoms with E-state index in [0.717, 1.165) is 25.0 Å². The maximum absolute atomic E-state index is 5.97. The third-order valence-corrected chi connectivity index (χ3v) is 4.09. The van der Waals surface area contributed by atoms with E-state index in [-0.39, 0.29) is 0 Å². The average Bonchev–Trinajstić information content (AvgIpc) is 2.53. The van der Waals surface area contributed by atoms with Crippen LogP contribution in [0, 0.1) is 11.8 Å². The van der Waals surface area contributed by atoms with Gasteiger partial charge in [-0.1, -0.05) is 25.7 Å². The lowest BCUT2D eigenvalue weighted by Gasteiger charge is -2.26. The second-order valence-corrected chi connectivity index (χ2v) is 5.19. The highest BCUT2D eigenvalue weighted by atomic mass is 16.5. The Hall–Kier alpha value is -0.0800. The van der Waals surface area contributed by atoms with Crippen LogP contribution in [0.15, 0.2) is 0 Å². The van der Waals surface area contributed by atoms with Crippen LogP contribution in [0.1, 0.15) is 44.9 Å². The van der Waals surface area contributed by atoms with Crippen molar-refractivity contribution in [3.05, 3.63) is 0 Å². The highest BCUT2D eigenvalue weighted by molar-refractivity contribution is 4.84. The van der Waals surface area contributed by atoms with Gasteiger partial charge in [0.1, 0.15) is 0 Å². The number of rotatable bonds is 3. The fourth-order valence-electron chi connectivity index (χ4n) is 3.30. The minimum atomic E-state index is 0.565. The van der Waals surface area contributed by atoms with Gasteiger partial charge in [-0.05, 0) is 38.1 Å². The van der Waals surface area contributed by atoms with Gasteiger partial charge >= 0.3 is 0 Å². The van der Waals surface area contributed by atoms with Crippen molar-refractivity contribution in [3.63, 3.8) is 0 Å². The quantitative estimate of drug-likeness (QED) is 0.724. The molecule has 0 aromatic rings. The maximum Gasteiger partial charge on any atom is 0.0644 e. The lowest BCUT2D eigenvalue weighted by molar-refractivity contribution is 0.0358. The Balaban J connectivity index is 1.89. The van der Waals surface area contributed by atoms with Crippen LogP contribution in [0.3, 0.4) is 0 Å². The van der Waals surface area contributed by atoms with Gasteiger partial charge in [0, 0.05) is 13.2 Å². The maximum atomic E-state index is 5.97. The molecule has 2 heteroatoms. The zero-order valence-electron chi connectivity index (χ0n) is 10.0. The fraction of sp³-hybridized carbons (Fsp3) is 1.00. The molecule has 2 aliphatic rings. The van der Waals surface area contributed by atoms with Gasteiger partial charge in [-0.25, -0.2) is 0 Å². The van der Waals surface area contributed by atoms with E-state index in [1.54, 1.807) is 0 Å². The Kier molecular flexibility index (Phi) is 4.45. The van der Waals surface area contributed by atoms with Crippen molar-refractivity contribution in [2.75, 3.05) is 20.2 Å². The third kappa shape index (κ3) is 2.94. The fourth-order valence-corrected chi connectivity index (χ4v) is 3.30. The van der Waals surface area contributed by atoms with Gasteiger partial charge in [0.05, 0.1) is 6.10 Å². The van der Waals surface area contributed by atoms with E-state index < -0.39 is 0 Å². The summed E-state index contributed by atoms with van der Waals surface area (Å²) in [5, 5.41) is 3.31. The van der Waals surface area contributed by atoms with Crippen LogP contribution in [-0.4, -0.2) is 26.3 Å². The smallest absolute Gasteiger partial charge is 0.0644 e. The van der Waals surface area contributed by atoms with E-state index in [1.807, 2.05) is 0 Å². The SMILES string of the molecule is CNCC1CCOC1C1CCCCCC1. The molecule has 1 aliphatic carbocycles. The molecular formula is C13H25NO. The van der Waals surface area contributed by atoms with Gasteiger partial charge in [-0.3, -0.25) is 0 Å². The molecule has 2 atom stereocenters. The Morgan fingerprint density at radius 2 is 1.80 bits per heavy atom. The Bertz CT molecular complexity index is 175. The highest BCUT2D eigenvalue weighted by Gasteiger charge is 2.34. The molecule has 2 unspecified atom stereocenters. The zero-order chi connectivity index (χ0) is 10.5. The van der Waals surface area contributed by atoms with Gasteiger partial charge < -0.3 is 10.1 Å². The molecule has 88 valence electrons. The summed E-state index contributed by atoms with van der Waals surface area (Å²) in [6.07, 6.45) is 10.4. The van der Waals surface area contributed by atoms with Gasteiger partial charge in [0.15, 0.2) is 0 Å². The van der Waals surface area contributed by atoms with E-state index >= 15 is 0 Å². The lowest BCUT2D eigenvalue weighted by atomic mass is 9.86. The van der Waals surface area contributed by atoms with Crippen molar-refractivity contribution < 1.29 is 4.74 Å². The second-order valence-electron chi connectivity index (χ2n) is 5.19. The molecule has 15 heavy (non-hydrogen) atoms.